The Bertz CT molecular complexity index is 993. The molecule has 0 saturated heterocycles. The van der Waals surface area contributed by atoms with Gasteiger partial charge in [-0.15, -0.1) is 0 Å². The van der Waals surface area contributed by atoms with Gasteiger partial charge in [-0.05, 0) is 29.8 Å². The first-order valence-electron chi connectivity index (χ1n) is 9.19. The number of amides is 2. The lowest BCUT2D eigenvalue weighted by Crippen LogP contribution is -2.28. The number of aliphatic hydroxyl groups is 1. The number of hydrogen-bond donors (Lipinski definition) is 3. The number of thioether (sulfide) groups is 1. The van der Waals surface area contributed by atoms with E-state index in [0.717, 1.165) is 5.56 Å². The van der Waals surface area contributed by atoms with Gasteiger partial charge in [-0.2, -0.15) is 0 Å². The lowest BCUT2D eigenvalue weighted by molar-refractivity contribution is -0.122. The van der Waals surface area contributed by atoms with Crippen LogP contribution in [0.4, 0.5) is 10.1 Å². The Morgan fingerprint density at radius 1 is 1.07 bits per heavy atom. The molecule has 156 valence electrons. The van der Waals surface area contributed by atoms with E-state index in [1.807, 2.05) is 18.2 Å². The highest BCUT2D eigenvalue weighted by molar-refractivity contribution is 7.99. The van der Waals surface area contributed by atoms with Crippen LogP contribution >= 0.6 is 11.8 Å². The highest BCUT2D eigenvalue weighted by Crippen LogP contribution is 2.19. The Balaban J connectivity index is 1.56. The van der Waals surface area contributed by atoms with Crippen molar-refractivity contribution in [3.8, 4) is 0 Å². The van der Waals surface area contributed by atoms with Gasteiger partial charge in [0.05, 0.1) is 24.3 Å². The molecular formula is C21H21FN4O3S. The first kappa shape index (κ1) is 21.5. The molecule has 1 heterocycles. The number of imidazole rings is 1. The van der Waals surface area contributed by atoms with Crippen LogP contribution in [0.3, 0.4) is 0 Å². The van der Waals surface area contributed by atoms with Gasteiger partial charge in [-0.1, -0.05) is 42.1 Å². The molecule has 0 aliphatic rings. The summed E-state index contributed by atoms with van der Waals surface area (Å²) in [4.78, 5) is 28.7. The second kappa shape index (κ2) is 10.6. The summed E-state index contributed by atoms with van der Waals surface area (Å²) in [7, 11) is 0. The number of rotatable bonds is 9. The zero-order valence-electron chi connectivity index (χ0n) is 16.0. The number of para-hydroxylation sites is 1. The Morgan fingerprint density at radius 3 is 2.50 bits per heavy atom. The summed E-state index contributed by atoms with van der Waals surface area (Å²) in [5.41, 5.74) is 1.94. The van der Waals surface area contributed by atoms with Crippen LogP contribution in [0.15, 0.2) is 66.0 Å². The molecule has 0 radical (unpaired) electrons. The number of nitrogens with one attached hydrogen (secondary N) is 2. The molecule has 0 spiro atoms. The monoisotopic (exact) mass is 428 g/mol. The van der Waals surface area contributed by atoms with Crippen LogP contribution in [0.2, 0.25) is 0 Å². The van der Waals surface area contributed by atoms with Crippen molar-refractivity contribution in [2.75, 3.05) is 11.1 Å². The number of aliphatic hydroxyl groups excluding tert-OH is 1. The van der Waals surface area contributed by atoms with Crippen molar-refractivity contribution in [3.05, 3.63) is 77.9 Å². The predicted octanol–water partition coefficient (Wildman–Crippen LogP) is 2.56. The molecule has 3 N–H and O–H groups in total. The van der Waals surface area contributed by atoms with Crippen LogP contribution < -0.4 is 10.6 Å². The summed E-state index contributed by atoms with van der Waals surface area (Å²) in [5, 5.41) is 15.5. The largest absolute Gasteiger partial charge is 0.390 e. The molecule has 2 aromatic carbocycles. The number of carbonyl (C=O) groups excluding carboxylic acids is 2. The zero-order chi connectivity index (χ0) is 21.3. The molecule has 2 amide bonds. The number of anilines is 1. The molecule has 0 unspecified atom stereocenters. The Kier molecular flexibility index (Phi) is 7.58. The Labute approximate surface area is 177 Å². The molecule has 9 heteroatoms. The van der Waals surface area contributed by atoms with Crippen molar-refractivity contribution in [3.63, 3.8) is 0 Å². The molecular weight excluding hydrogens is 407 g/mol. The number of halogens is 1. The highest BCUT2D eigenvalue weighted by atomic mass is 32.2. The molecule has 0 fully saturated rings. The summed E-state index contributed by atoms with van der Waals surface area (Å²) < 4.78 is 14.5. The van der Waals surface area contributed by atoms with Crippen LogP contribution in [-0.4, -0.2) is 32.2 Å². The second-order valence-corrected chi connectivity index (χ2v) is 7.32. The summed E-state index contributed by atoms with van der Waals surface area (Å²) in [5.74, 6) is -0.725. The third-order valence-corrected chi connectivity index (χ3v) is 5.15. The summed E-state index contributed by atoms with van der Waals surface area (Å²) in [6.45, 7) is -0.0844. The van der Waals surface area contributed by atoms with Crippen LogP contribution in [-0.2, 0) is 29.3 Å². The number of nitrogens with zero attached hydrogens (tertiary/aromatic N) is 2. The average molecular weight is 428 g/mol. The quantitative estimate of drug-likeness (QED) is 0.455. The first-order chi connectivity index (χ1) is 14.5. The molecule has 0 saturated carbocycles. The van der Waals surface area contributed by atoms with Gasteiger partial charge in [0.1, 0.15) is 12.4 Å². The SMILES string of the molecule is O=C(Cn1c(CO)cnc1SCC(=O)Nc1ccccc1)NCc1ccc(F)cc1. The zero-order valence-corrected chi connectivity index (χ0v) is 16.9. The van der Waals surface area contributed by atoms with Crippen LogP contribution in [0.25, 0.3) is 0 Å². The lowest BCUT2D eigenvalue weighted by atomic mass is 10.2. The minimum atomic E-state index is -0.339. The van der Waals surface area contributed by atoms with Gasteiger partial charge in [0.15, 0.2) is 5.16 Å². The Hall–Kier alpha value is -3.17. The van der Waals surface area contributed by atoms with Crippen LogP contribution in [0.5, 0.6) is 0 Å². The van der Waals surface area contributed by atoms with Crippen molar-refractivity contribution in [1.29, 1.82) is 0 Å². The molecule has 30 heavy (non-hydrogen) atoms. The normalized spacial score (nSPS) is 10.6. The molecule has 3 rings (SSSR count). The molecule has 0 bridgehead atoms. The van der Waals surface area contributed by atoms with E-state index in [0.29, 0.717) is 16.5 Å². The van der Waals surface area contributed by atoms with E-state index >= 15 is 0 Å². The molecule has 0 aliphatic carbocycles. The van der Waals surface area contributed by atoms with E-state index < -0.39 is 0 Å². The number of aromatic nitrogens is 2. The first-order valence-corrected chi connectivity index (χ1v) is 10.2. The summed E-state index contributed by atoms with van der Waals surface area (Å²) in [6.07, 6.45) is 1.48. The molecule has 3 aromatic rings. The van der Waals surface area contributed by atoms with Gasteiger partial charge in [-0.25, -0.2) is 9.37 Å². The fraction of sp³-hybridized carbons (Fsp3) is 0.190. The maximum atomic E-state index is 13.0. The highest BCUT2D eigenvalue weighted by Gasteiger charge is 2.15. The van der Waals surface area contributed by atoms with Crippen molar-refractivity contribution in [1.82, 2.24) is 14.9 Å². The van der Waals surface area contributed by atoms with E-state index in [9.17, 15) is 19.1 Å². The van der Waals surface area contributed by atoms with Crippen molar-refractivity contribution >= 4 is 29.3 Å². The van der Waals surface area contributed by atoms with Crippen molar-refractivity contribution in [2.24, 2.45) is 0 Å². The van der Waals surface area contributed by atoms with E-state index in [1.54, 1.807) is 28.8 Å². The summed E-state index contributed by atoms with van der Waals surface area (Å²) in [6, 6.07) is 14.9. The minimum absolute atomic E-state index is 0.0558. The minimum Gasteiger partial charge on any atom is -0.390 e. The number of carbonyl (C=O) groups is 2. The average Bonchev–Trinajstić information content (AvgIpc) is 3.14. The fourth-order valence-corrected chi connectivity index (χ4v) is 3.45. The van der Waals surface area contributed by atoms with Gasteiger partial charge in [0.2, 0.25) is 11.8 Å². The van der Waals surface area contributed by atoms with E-state index in [4.69, 9.17) is 0 Å². The topological polar surface area (TPSA) is 96.2 Å². The van der Waals surface area contributed by atoms with Crippen molar-refractivity contribution < 1.29 is 19.1 Å². The van der Waals surface area contributed by atoms with Gasteiger partial charge < -0.3 is 20.3 Å². The Morgan fingerprint density at radius 2 is 1.80 bits per heavy atom. The lowest BCUT2D eigenvalue weighted by Gasteiger charge is -2.11. The number of hydrogen-bond acceptors (Lipinski definition) is 5. The fourth-order valence-electron chi connectivity index (χ4n) is 2.65. The van der Waals surface area contributed by atoms with Gasteiger partial charge >= 0.3 is 0 Å². The molecule has 0 atom stereocenters. The smallest absolute Gasteiger partial charge is 0.240 e. The second-order valence-electron chi connectivity index (χ2n) is 6.38. The van der Waals surface area contributed by atoms with Crippen molar-refractivity contribution in [2.45, 2.75) is 24.9 Å². The van der Waals surface area contributed by atoms with Gasteiger partial charge in [0, 0.05) is 12.2 Å². The van der Waals surface area contributed by atoms with Gasteiger partial charge in [-0.3, -0.25) is 9.59 Å². The molecule has 1 aromatic heterocycles. The molecule has 0 aliphatic heterocycles. The van der Waals surface area contributed by atoms with Crippen LogP contribution in [0, 0.1) is 5.82 Å². The van der Waals surface area contributed by atoms with Gasteiger partial charge in [0.25, 0.3) is 0 Å². The van der Waals surface area contributed by atoms with E-state index in [1.165, 1.54) is 30.1 Å². The van der Waals surface area contributed by atoms with E-state index in [-0.39, 0.29) is 43.1 Å². The standard InChI is InChI=1S/C21H21FN4O3S/c22-16-8-6-15(7-9-16)10-23-19(28)12-26-18(13-27)11-24-21(26)30-14-20(29)25-17-4-2-1-3-5-17/h1-9,11,27H,10,12-14H2,(H,23,28)(H,25,29). The third-order valence-electron chi connectivity index (χ3n) is 4.16. The van der Waals surface area contributed by atoms with Crippen LogP contribution in [0.1, 0.15) is 11.3 Å². The maximum Gasteiger partial charge on any atom is 0.240 e. The molecule has 7 nitrogen and oxygen atoms in total. The maximum absolute atomic E-state index is 13.0. The predicted molar refractivity (Wildman–Crippen MR) is 112 cm³/mol. The van der Waals surface area contributed by atoms with E-state index in [2.05, 4.69) is 15.6 Å². The summed E-state index contributed by atoms with van der Waals surface area (Å²) >= 11 is 1.18. The third kappa shape index (κ3) is 6.16. The number of benzene rings is 2.